The van der Waals surface area contributed by atoms with Crippen LogP contribution in [0.3, 0.4) is 0 Å². The molecule has 0 aliphatic rings. The first-order valence-corrected chi connectivity index (χ1v) is 5.16. The van der Waals surface area contributed by atoms with Gasteiger partial charge in [-0.1, -0.05) is 24.3 Å². The van der Waals surface area contributed by atoms with Crippen LogP contribution in [0.2, 0.25) is 0 Å². The van der Waals surface area contributed by atoms with Gasteiger partial charge in [-0.15, -0.1) is 0 Å². The Morgan fingerprint density at radius 3 is 1.75 bits per heavy atom. The third kappa shape index (κ3) is 4.09. The van der Waals surface area contributed by atoms with E-state index < -0.39 is 0 Å². The highest BCUT2D eigenvalue weighted by atomic mass is 14.9. The predicted octanol–water partition coefficient (Wildman–Crippen LogP) is 2.67. The number of nitrogens with two attached hydrogens (primary N) is 1. The van der Waals surface area contributed by atoms with Crippen LogP contribution in [0, 0.1) is 20.8 Å². The molecule has 0 unspecified atom stereocenters. The number of benzene rings is 1. The average Bonchev–Trinajstić information content (AvgIpc) is 2.28. The molecule has 0 spiro atoms. The lowest BCUT2D eigenvalue weighted by Gasteiger charge is -1.93. The first-order valence-electron chi connectivity index (χ1n) is 5.16. The van der Waals surface area contributed by atoms with E-state index in [-0.39, 0.29) is 0 Å². The van der Waals surface area contributed by atoms with Crippen molar-refractivity contribution in [1.29, 1.82) is 0 Å². The molecule has 3 nitrogen and oxygen atoms in total. The van der Waals surface area contributed by atoms with Crippen molar-refractivity contribution in [2.45, 2.75) is 20.8 Å². The monoisotopic (exact) mass is 215 g/mol. The summed E-state index contributed by atoms with van der Waals surface area (Å²) in [6.07, 6.45) is 3.17. The van der Waals surface area contributed by atoms with Crippen LogP contribution < -0.4 is 5.73 Å². The molecular weight excluding hydrogens is 198 g/mol. The van der Waals surface area contributed by atoms with Crippen LogP contribution in [0.1, 0.15) is 16.8 Å². The fourth-order valence-corrected chi connectivity index (χ4v) is 1.07. The molecular formula is C13H17N3. The molecule has 1 aromatic carbocycles. The largest absolute Gasteiger partial charge is 0.382 e. The number of nitrogen functional groups attached to an aromatic ring is 1. The zero-order valence-electron chi connectivity index (χ0n) is 9.94. The second-order valence-corrected chi connectivity index (χ2v) is 3.67. The molecule has 2 N–H and O–H groups in total. The highest BCUT2D eigenvalue weighted by molar-refractivity contribution is 5.23. The standard InChI is InChI=1S/C8H10.C5H7N3/c1-7-5-3-4-6-8(7)2;1-4-2-8-5(6)3-7-4/h3-6H,1-2H3;2-3H,1H3,(H2,6,8). The molecule has 0 aliphatic heterocycles. The van der Waals surface area contributed by atoms with Gasteiger partial charge in [-0.05, 0) is 31.9 Å². The third-order valence-corrected chi connectivity index (χ3v) is 2.23. The summed E-state index contributed by atoms with van der Waals surface area (Å²) >= 11 is 0. The molecule has 1 aromatic heterocycles. The summed E-state index contributed by atoms with van der Waals surface area (Å²) in [6.45, 7) is 6.11. The topological polar surface area (TPSA) is 51.8 Å². The minimum absolute atomic E-state index is 0.468. The molecule has 1 heterocycles. The molecule has 0 saturated heterocycles. The van der Waals surface area contributed by atoms with E-state index in [0.717, 1.165) is 5.69 Å². The van der Waals surface area contributed by atoms with Crippen LogP contribution in [-0.4, -0.2) is 9.97 Å². The van der Waals surface area contributed by atoms with Crippen molar-refractivity contribution in [3.8, 4) is 0 Å². The SMILES string of the molecule is Cc1ccccc1C.Cc1cnc(N)cn1. The number of aromatic nitrogens is 2. The van der Waals surface area contributed by atoms with E-state index in [1.54, 1.807) is 6.20 Å². The highest BCUT2D eigenvalue weighted by Gasteiger charge is 1.84. The molecule has 0 aliphatic carbocycles. The van der Waals surface area contributed by atoms with E-state index in [2.05, 4.69) is 48.1 Å². The molecule has 0 saturated carbocycles. The average molecular weight is 215 g/mol. The molecule has 0 atom stereocenters. The summed E-state index contributed by atoms with van der Waals surface area (Å²) in [7, 11) is 0. The van der Waals surface area contributed by atoms with E-state index in [1.165, 1.54) is 17.3 Å². The summed E-state index contributed by atoms with van der Waals surface area (Å²) in [5, 5.41) is 0. The summed E-state index contributed by atoms with van der Waals surface area (Å²) < 4.78 is 0. The van der Waals surface area contributed by atoms with E-state index in [9.17, 15) is 0 Å². The Morgan fingerprint density at radius 1 is 0.875 bits per heavy atom. The molecule has 2 aromatic rings. The summed E-state index contributed by atoms with van der Waals surface area (Å²) in [4.78, 5) is 7.69. The first kappa shape index (κ1) is 12.2. The second kappa shape index (κ2) is 5.85. The quantitative estimate of drug-likeness (QED) is 0.735. The molecule has 84 valence electrons. The van der Waals surface area contributed by atoms with Crippen LogP contribution >= 0.6 is 0 Å². The van der Waals surface area contributed by atoms with E-state index in [1.807, 2.05) is 6.92 Å². The van der Waals surface area contributed by atoms with Gasteiger partial charge in [0, 0.05) is 0 Å². The van der Waals surface area contributed by atoms with Crippen molar-refractivity contribution < 1.29 is 0 Å². The zero-order chi connectivity index (χ0) is 12.0. The van der Waals surface area contributed by atoms with Crippen LogP contribution in [-0.2, 0) is 0 Å². The summed E-state index contributed by atoms with van der Waals surface area (Å²) in [5.41, 5.74) is 8.88. The smallest absolute Gasteiger partial charge is 0.141 e. The molecule has 0 fully saturated rings. The van der Waals surface area contributed by atoms with Crippen LogP contribution in [0.15, 0.2) is 36.7 Å². The lowest BCUT2D eigenvalue weighted by molar-refractivity contribution is 1.13. The number of hydrogen-bond donors (Lipinski definition) is 1. The Kier molecular flexibility index (Phi) is 4.45. The fourth-order valence-electron chi connectivity index (χ4n) is 1.07. The number of anilines is 1. The van der Waals surface area contributed by atoms with E-state index >= 15 is 0 Å². The third-order valence-electron chi connectivity index (χ3n) is 2.23. The molecule has 0 bridgehead atoms. The van der Waals surface area contributed by atoms with Gasteiger partial charge in [0.05, 0.1) is 18.1 Å². The van der Waals surface area contributed by atoms with Crippen molar-refractivity contribution >= 4 is 5.82 Å². The number of nitrogens with zero attached hydrogens (tertiary/aromatic N) is 2. The van der Waals surface area contributed by atoms with Gasteiger partial charge in [-0.2, -0.15) is 0 Å². The van der Waals surface area contributed by atoms with Crippen molar-refractivity contribution in [1.82, 2.24) is 9.97 Å². The molecule has 0 radical (unpaired) electrons. The van der Waals surface area contributed by atoms with Crippen LogP contribution in [0.4, 0.5) is 5.82 Å². The van der Waals surface area contributed by atoms with Gasteiger partial charge in [0.1, 0.15) is 5.82 Å². The van der Waals surface area contributed by atoms with Crippen LogP contribution in [0.25, 0.3) is 0 Å². The molecule has 16 heavy (non-hydrogen) atoms. The van der Waals surface area contributed by atoms with Gasteiger partial charge in [-0.25, -0.2) is 4.98 Å². The van der Waals surface area contributed by atoms with Crippen molar-refractivity contribution in [3.05, 3.63) is 53.5 Å². The molecule has 2 rings (SSSR count). The van der Waals surface area contributed by atoms with Gasteiger partial charge >= 0.3 is 0 Å². The lowest BCUT2D eigenvalue weighted by atomic mass is 10.1. The Bertz CT molecular complexity index is 393. The zero-order valence-corrected chi connectivity index (χ0v) is 9.94. The number of rotatable bonds is 0. The number of hydrogen-bond acceptors (Lipinski definition) is 3. The Balaban J connectivity index is 0.000000160. The minimum Gasteiger partial charge on any atom is -0.382 e. The van der Waals surface area contributed by atoms with Crippen molar-refractivity contribution in [2.24, 2.45) is 0 Å². The fraction of sp³-hybridized carbons (Fsp3) is 0.231. The second-order valence-electron chi connectivity index (χ2n) is 3.67. The molecule has 0 amide bonds. The van der Waals surface area contributed by atoms with Gasteiger partial charge in [0.15, 0.2) is 0 Å². The maximum absolute atomic E-state index is 5.25. The summed E-state index contributed by atoms with van der Waals surface area (Å²) in [6, 6.07) is 8.36. The Labute approximate surface area is 96.4 Å². The highest BCUT2D eigenvalue weighted by Crippen LogP contribution is 2.02. The normalized spacial score (nSPS) is 9.19. The van der Waals surface area contributed by atoms with Gasteiger partial charge in [-0.3, -0.25) is 4.98 Å². The maximum Gasteiger partial charge on any atom is 0.141 e. The first-order chi connectivity index (χ1) is 7.59. The van der Waals surface area contributed by atoms with E-state index in [0.29, 0.717) is 5.82 Å². The lowest BCUT2D eigenvalue weighted by Crippen LogP contribution is -1.90. The Morgan fingerprint density at radius 2 is 1.44 bits per heavy atom. The van der Waals surface area contributed by atoms with Crippen molar-refractivity contribution in [3.63, 3.8) is 0 Å². The minimum atomic E-state index is 0.468. The van der Waals surface area contributed by atoms with Gasteiger partial charge in [0.25, 0.3) is 0 Å². The van der Waals surface area contributed by atoms with Gasteiger partial charge < -0.3 is 5.73 Å². The summed E-state index contributed by atoms with van der Waals surface area (Å²) in [5.74, 6) is 0.468. The van der Waals surface area contributed by atoms with Crippen LogP contribution in [0.5, 0.6) is 0 Å². The van der Waals surface area contributed by atoms with Gasteiger partial charge in [0.2, 0.25) is 0 Å². The van der Waals surface area contributed by atoms with E-state index in [4.69, 9.17) is 5.73 Å². The maximum atomic E-state index is 5.25. The van der Waals surface area contributed by atoms with Crippen molar-refractivity contribution in [2.75, 3.05) is 5.73 Å². The Hall–Kier alpha value is -1.90. The number of aryl methyl sites for hydroxylation is 3. The molecule has 3 heteroatoms. The predicted molar refractivity (Wildman–Crippen MR) is 67.1 cm³/mol.